The number of benzene rings is 1. The van der Waals surface area contributed by atoms with Crippen LogP contribution in [-0.2, 0) is 14.9 Å². The first-order valence-electron chi connectivity index (χ1n) is 8.84. The second-order valence-corrected chi connectivity index (χ2v) is 7.77. The molecule has 6 heteroatoms. The van der Waals surface area contributed by atoms with E-state index in [-0.39, 0.29) is 5.41 Å². The summed E-state index contributed by atoms with van der Waals surface area (Å²) in [6, 6.07) is 8.41. The molecule has 3 N–H and O–H groups in total. The molecule has 1 atom stereocenters. The van der Waals surface area contributed by atoms with Crippen LogP contribution in [0.15, 0.2) is 24.3 Å². The summed E-state index contributed by atoms with van der Waals surface area (Å²) < 4.78 is 10.7. The Morgan fingerprint density at radius 1 is 1.20 bits per heavy atom. The SMILES string of the molecule is CC(C)(C)OC(=O)NCC(C)(CN)c1ccc(N2CCOCC2)cc1. The van der Waals surface area contributed by atoms with Crippen LogP contribution in [0.1, 0.15) is 33.3 Å². The van der Waals surface area contributed by atoms with Crippen LogP contribution in [0.25, 0.3) is 0 Å². The molecule has 1 aliphatic heterocycles. The highest BCUT2D eigenvalue weighted by atomic mass is 16.6. The number of amides is 1. The lowest BCUT2D eigenvalue weighted by Gasteiger charge is -2.32. The minimum absolute atomic E-state index is 0.347. The molecule has 0 bridgehead atoms. The van der Waals surface area contributed by atoms with Gasteiger partial charge in [-0.1, -0.05) is 19.1 Å². The number of hydrogen-bond acceptors (Lipinski definition) is 5. The first-order chi connectivity index (χ1) is 11.7. The number of morpholine rings is 1. The molecule has 1 aromatic rings. The van der Waals surface area contributed by atoms with Crippen LogP contribution in [0.2, 0.25) is 0 Å². The molecule has 0 spiro atoms. The zero-order valence-corrected chi connectivity index (χ0v) is 15.8. The molecule has 1 fully saturated rings. The molecule has 1 aromatic carbocycles. The van der Waals surface area contributed by atoms with Gasteiger partial charge < -0.3 is 25.4 Å². The molecule has 1 unspecified atom stereocenters. The van der Waals surface area contributed by atoms with E-state index in [4.69, 9.17) is 15.2 Å². The number of ether oxygens (including phenoxy) is 2. The first kappa shape index (κ1) is 19.5. The van der Waals surface area contributed by atoms with Crippen LogP contribution in [0.4, 0.5) is 10.5 Å². The van der Waals surface area contributed by atoms with Gasteiger partial charge in [-0.3, -0.25) is 0 Å². The van der Waals surface area contributed by atoms with Crippen LogP contribution in [0.3, 0.4) is 0 Å². The Morgan fingerprint density at radius 3 is 2.32 bits per heavy atom. The number of nitrogens with two attached hydrogens (primary N) is 1. The van der Waals surface area contributed by atoms with Crippen LogP contribution in [-0.4, -0.2) is 51.1 Å². The molecule has 1 heterocycles. The van der Waals surface area contributed by atoms with E-state index in [1.54, 1.807) is 0 Å². The van der Waals surface area contributed by atoms with Gasteiger partial charge in [0.25, 0.3) is 0 Å². The Balaban J connectivity index is 2.01. The Morgan fingerprint density at radius 2 is 1.80 bits per heavy atom. The summed E-state index contributed by atoms with van der Waals surface area (Å²) in [5, 5.41) is 2.84. The average molecular weight is 349 g/mol. The maximum atomic E-state index is 11.9. The highest BCUT2D eigenvalue weighted by Gasteiger charge is 2.27. The third-order valence-electron chi connectivity index (χ3n) is 4.41. The number of carbonyl (C=O) groups is 1. The van der Waals surface area contributed by atoms with Crippen molar-refractivity contribution >= 4 is 11.8 Å². The third kappa shape index (κ3) is 5.61. The number of nitrogens with zero attached hydrogens (tertiary/aromatic N) is 1. The fourth-order valence-electron chi connectivity index (χ4n) is 2.77. The molecule has 0 radical (unpaired) electrons. The van der Waals surface area contributed by atoms with E-state index < -0.39 is 11.7 Å². The smallest absolute Gasteiger partial charge is 0.407 e. The number of rotatable bonds is 5. The number of carbonyl (C=O) groups excluding carboxylic acids is 1. The summed E-state index contributed by atoms with van der Waals surface area (Å²) in [5.41, 5.74) is 7.44. The summed E-state index contributed by atoms with van der Waals surface area (Å²) in [6.07, 6.45) is -0.419. The van der Waals surface area contributed by atoms with Crippen molar-refractivity contribution in [3.05, 3.63) is 29.8 Å². The van der Waals surface area contributed by atoms with Crippen molar-refractivity contribution in [1.29, 1.82) is 0 Å². The van der Waals surface area contributed by atoms with E-state index in [2.05, 4.69) is 34.5 Å². The largest absolute Gasteiger partial charge is 0.444 e. The Hall–Kier alpha value is -1.79. The topological polar surface area (TPSA) is 76.8 Å². The third-order valence-corrected chi connectivity index (χ3v) is 4.41. The van der Waals surface area contributed by atoms with E-state index >= 15 is 0 Å². The second-order valence-electron chi connectivity index (χ2n) is 7.77. The van der Waals surface area contributed by atoms with Gasteiger partial charge in [-0.2, -0.15) is 0 Å². The molecule has 25 heavy (non-hydrogen) atoms. The normalized spacial score (nSPS) is 17.7. The molecular weight excluding hydrogens is 318 g/mol. The van der Waals surface area contributed by atoms with Crippen molar-refractivity contribution in [3.63, 3.8) is 0 Å². The number of hydrogen-bond donors (Lipinski definition) is 2. The van der Waals surface area contributed by atoms with Crippen molar-refractivity contribution < 1.29 is 14.3 Å². The minimum atomic E-state index is -0.511. The van der Waals surface area contributed by atoms with Gasteiger partial charge in [0.2, 0.25) is 0 Å². The highest BCUT2D eigenvalue weighted by molar-refractivity contribution is 5.67. The van der Waals surface area contributed by atoms with Gasteiger partial charge in [0.1, 0.15) is 5.60 Å². The van der Waals surface area contributed by atoms with E-state index in [0.717, 1.165) is 31.9 Å². The quantitative estimate of drug-likeness (QED) is 0.853. The summed E-state index contributed by atoms with van der Waals surface area (Å²) in [4.78, 5) is 14.2. The maximum Gasteiger partial charge on any atom is 0.407 e. The van der Waals surface area contributed by atoms with Crippen LogP contribution >= 0.6 is 0 Å². The minimum Gasteiger partial charge on any atom is -0.444 e. The van der Waals surface area contributed by atoms with Crippen LogP contribution < -0.4 is 16.0 Å². The monoisotopic (exact) mass is 349 g/mol. The zero-order valence-electron chi connectivity index (χ0n) is 15.8. The van der Waals surface area contributed by atoms with Gasteiger partial charge in [-0.05, 0) is 38.5 Å². The van der Waals surface area contributed by atoms with Crippen LogP contribution in [0.5, 0.6) is 0 Å². The van der Waals surface area contributed by atoms with Gasteiger partial charge >= 0.3 is 6.09 Å². The van der Waals surface area contributed by atoms with Crippen LogP contribution in [0, 0.1) is 0 Å². The summed E-state index contributed by atoms with van der Waals surface area (Å²) in [6.45, 7) is 11.8. The van der Waals surface area contributed by atoms with E-state index in [1.807, 2.05) is 27.7 Å². The van der Waals surface area contributed by atoms with Crippen molar-refractivity contribution in [2.45, 2.75) is 38.7 Å². The number of anilines is 1. The highest BCUT2D eigenvalue weighted by Crippen LogP contribution is 2.25. The molecule has 0 aliphatic carbocycles. The molecule has 2 rings (SSSR count). The Kier molecular flexibility index (Phi) is 6.30. The van der Waals surface area contributed by atoms with Crippen molar-refractivity contribution in [1.82, 2.24) is 5.32 Å². The van der Waals surface area contributed by atoms with Crippen molar-refractivity contribution in [2.24, 2.45) is 5.73 Å². The number of alkyl carbamates (subject to hydrolysis) is 1. The van der Waals surface area contributed by atoms with Gasteiger partial charge in [0, 0.05) is 37.3 Å². The first-order valence-corrected chi connectivity index (χ1v) is 8.84. The molecule has 0 aromatic heterocycles. The van der Waals surface area contributed by atoms with Gasteiger partial charge in [0.15, 0.2) is 0 Å². The standard InChI is InChI=1S/C19H31N3O3/c1-18(2,3)25-17(23)21-14-19(4,13-20)15-5-7-16(8-6-15)22-9-11-24-12-10-22/h5-8H,9-14,20H2,1-4H3,(H,21,23). The molecular formula is C19H31N3O3. The average Bonchev–Trinajstić information content (AvgIpc) is 2.59. The lowest BCUT2D eigenvalue weighted by atomic mass is 9.82. The molecule has 140 valence electrons. The molecule has 1 saturated heterocycles. The zero-order chi connectivity index (χ0) is 18.5. The summed E-state index contributed by atoms with van der Waals surface area (Å²) >= 11 is 0. The van der Waals surface area contributed by atoms with Gasteiger partial charge in [-0.25, -0.2) is 4.79 Å². The van der Waals surface area contributed by atoms with Gasteiger partial charge in [-0.15, -0.1) is 0 Å². The molecule has 0 saturated carbocycles. The lowest BCUT2D eigenvalue weighted by Crippen LogP contribution is -2.45. The van der Waals surface area contributed by atoms with E-state index in [0.29, 0.717) is 13.1 Å². The van der Waals surface area contributed by atoms with E-state index in [9.17, 15) is 4.79 Å². The molecule has 1 amide bonds. The van der Waals surface area contributed by atoms with Gasteiger partial charge in [0.05, 0.1) is 13.2 Å². The van der Waals surface area contributed by atoms with Crippen molar-refractivity contribution in [3.8, 4) is 0 Å². The molecule has 1 aliphatic rings. The molecule has 6 nitrogen and oxygen atoms in total. The fraction of sp³-hybridized carbons (Fsp3) is 0.632. The lowest BCUT2D eigenvalue weighted by molar-refractivity contribution is 0.0516. The van der Waals surface area contributed by atoms with Crippen molar-refractivity contribution in [2.75, 3.05) is 44.3 Å². The Bertz CT molecular complexity index is 562. The fourth-order valence-corrected chi connectivity index (χ4v) is 2.77. The summed E-state index contributed by atoms with van der Waals surface area (Å²) in [7, 11) is 0. The number of nitrogens with one attached hydrogen (secondary N) is 1. The predicted molar refractivity (Wildman–Crippen MR) is 100 cm³/mol. The Labute approximate surface area is 150 Å². The van der Waals surface area contributed by atoms with E-state index in [1.165, 1.54) is 5.69 Å². The predicted octanol–water partition coefficient (Wildman–Crippen LogP) is 2.26. The second kappa shape index (κ2) is 8.06. The summed E-state index contributed by atoms with van der Waals surface area (Å²) in [5.74, 6) is 0. The maximum absolute atomic E-state index is 11.9.